The van der Waals surface area contributed by atoms with Gasteiger partial charge in [0.2, 0.25) is 5.78 Å². The molecule has 0 fully saturated rings. The SMILES string of the molecule is C#CC(=O)CCC(N)c1ccccc1. The number of terminal acetylenes is 1. The van der Waals surface area contributed by atoms with Gasteiger partial charge in [-0.15, -0.1) is 6.42 Å². The van der Waals surface area contributed by atoms with E-state index in [9.17, 15) is 4.79 Å². The van der Waals surface area contributed by atoms with Crippen molar-refractivity contribution >= 4 is 5.78 Å². The second-order valence-electron chi connectivity index (χ2n) is 3.12. The maximum Gasteiger partial charge on any atom is 0.205 e. The Morgan fingerprint density at radius 1 is 1.43 bits per heavy atom. The van der Waals surface area contributed by atoms with E-state index in [4.69, 9.17) is 12.2 Å². The normalized spacial score (nSPS) is 11.7. The molecule has 0 aliphatic rings. The van der Waals surface area contributed by atoms with Crippen molar-refractivity contribution in [1.29, 1.82) is 0 Å². The third-order valence-electron chi connectivity index (χ3n) is 2.07. The second-order valence-corrected chi connectivity index (χ2v) is 3.12. The van der Waals surface area contributed by atoms with Gasteiger partial charge in [0.05, 0.1) is 0 Å². The maximum atomic E-state index is 10.9. The van der Waals surface area contributed by atoms with E-state index in [1.54, 1.807) is 0 Å². The highest BCUT2D eigenvalue weighted by Crippen LogP contribution is 2.14. The zero-order valence-electron chi connectivity index (χ0n) is 7.94. The third kappa shape index (κ3) is 3.04. The van der Waals surface area contributed by atoms with Gasteiger partial charge in [-0.3, -0.25) is 4.79 Å². The number of benzene rings is 1. The van der Waals surface area contributed by atoms with Crippen molar-refractivity contribution in [3.63, 3.8) is 0 Å². The molecule has 0 heterocycles. The number of rotatable bonds is 4. The van der Waals surface area contributed by atoms with Crippen LogP contribution >= 0.6 is 0 Å². The van der Waals surface area contributed by atoms with E-state index in [1.807, 2.05) is 30.3 Å². The molecule has 14 heavy (non-hydrogen) atoms. The van der Waals surface area contributed by atoms with Crippen LogP contribution in [0.2, 0.25) is 0 Å². The molecular weight excluding hydrogens is 174 g/mol. The lowest BCUT2D eigenvalue weighted by atomic mass is 10.0. The molecule has 2 nitrogen and oxygen atoms in total. The number of ketones is 1. The van der Waals surface area contributed by atoms with E-state index < -0.39 is 0 Å². The van der Waals surface area contributed by atoms with Gasteiger partial charge in [0.15, 0.2) is 0 Å². The molecule has 1 atom stereocenters. The summed E-state index contributed by atoms with van der Waals surface area (Å²) < 4.78 is 0. The quantitative estimate of drug-likeness (QED) is 0.575. The smallest absolute Gasteiger partial charge is 0.205 e. The number of hydrogen-bond acceptors (Lipinski definition) is 2. The van der Waals surface area contributed by atoms with Crippen LogP contribution in [0.1, 0.15) is 24.4 Å². The summed E-state index contributed by atoms with van der Waals surface area (Å²) in [6.07, 6.45) is 5.91. The molecule has 0 amide bonds. The van der Waals surface area contributed by atoms with E-state index in [0.29, 0.717) is 12.8 Å². The summed E-state index contributed by atoms with van der Waals surface area (Å²) in [5, 5.41) is 0. The molecular formula is C12H13NO. The molecule has 2 N–H and O–H groups in total. The molecule has 0 bridgehead atoms. The number of Topliss-reactive ketones (excluding diaryl/α,β-unsaturated/α-hetero) is 1. The molecule has 0 aromatic heterocycles. The summed E-state index contributed by atoms with van der Waals surface area (Å²) in [5.74, 6) is 1.89. The fraction of sp³-hybridized carbons (Fsp3) is 0.250. The molecule has 0 saturated heterocycles. The average molecular weight is 187 g/mol. The Balaban J connectivity index is 2.48. The first kappa shape index (κ1) is 10.5. The summed E-state index contributed by atoms with van der Waals surface area (Å²) in [6.45, 7) is 0. The van der Waals surface area contributed by atoms with Crippen LogP contribution in [0, 0.1) is 12.3 Å². The van der Waals surface area contributed by atoms with Gasteiger partial charge in [0, 0.05) is 12.5 Å². The molecule has 0 spiro atoms. The van der Waals surface area contributed by atoms with Gasteiger partial charge in [0.25, 0.3) is 0 Å². The Morgan fingerprint density at radius 3 is 2.64 bits per heavy atom. The van der Waals surface area contributed by atoms with Crippen molar-refractivity contribution in [2.24, 2.45) is 5.73 Å². The first-order valence-electron chi connectivity index (χ1n) is 4.54. The third-order valence-corrected chi connectivity index (χ3v) is 2.07. The van der Waals surface area contributed by atoms with Crippen molar-refractivity contribution in [2.75, 3.05) is 0 Å². The molecule has 72 valence electrons. The Kier molecular flexibility index (Phi) is 3.90. The molecule has 1 unspecified atom stereocenters. The standard InChI is InChI=1S/C12H13NO/c1-2-11(14)8-9-12(13)10-6-4-3-5-7-10/h1,3-7,12H,8-9,13H2. The Morgan fingerprint density at radius 2 is 2.07 bits per heavy atom. The highest BCUT2D eigenvalue weighted by molar-refractivity contribution is 5.94. The zero-order chi connectivity index (χ0) is 10.4. The maximum absolute atomic E-state index is 10.9. The lowest BCUT2D eigenvalue weighted by Gasteiger charge is -2.09. The second kappa shape index (κ2) is 5.21. The summed E-state index contributed by atoms with van der Waals surface area (Å²) >= 11 is 0. The highest BCUT2D eigenvalue weighted by atomic mass is 16.1. The van der Waals surface area contributed by atoms with Gasteiger partial charge >= 0.3 is 0 Å². The van der Waals surface area contributed by atoms with Crippen molar-refractivity contribution in [3.8, 4) is 12.3 Å². The minimum absolute atomic E-state index is 0.103. The fourth-order valence-corrected chi connectivity index (χ4v) is 1.23. The van der Waals surface area contributed by atoms with E-state index in [1.165, 1.54) is 0 Å². The van der Waals surface area contributed by atoms with Gasteiger partial charge in [-0.05, 0) is 17.9 Å². The number of carbonyl (C=O) groups excluding carboxylic acids is 1. The van der Waals surface area contributed by atoms with Crippen LogP contribution in [0.5, 0.6) is 0 Å². The predicted octanol–water partition coefficient (Wildman–Crippen LogP) is 1.67. The predicted molar refractivity (Wildman–Crippen MR) is 56.4 cm³/mol. The first-order chi connectivity index (χ1) is 6.74. The van der Waals surface area contributed by atoms with Gasteiger partial charge in [-0.25, -0.2) is 0 Å². The van der Waals surface area contributed by atoms with Crippen LogP contribution in [0.25, 0.3) is 0 Å². The van der Waals surface area contributed by atoms with Gasteiger partial charge in [-0.2, -0.15) is 0 Å². The molecule has 1 aromatic rings. The van der Waals surface area contributed by atoms with Crippen LogP contribution in [0.4, 0.5) is 0 Å². The van der Waals surface area contributed by atoms with E-state index in [2.05, 4.69) is 5.92 Å². The summed E-state index contributed by atoms with van der Waals surface area (Å²) in [7, 11) is 0. The van der Waals surface area contributed by atoms with Crippen molar-refractivity contribution in [2.45, 2.75) is 18.9 Å². The average Bonchev–Trinajstić information content (AvgIpc) is 2.26. The van der Waals surface area contributed by atoms with Crippen LogP contribution < -0.4 is 5.73 Å². The molecule has 0 radical (unpaired) electrons. The topological polar surface area (TPSA) is 43.1 Å². The lowest BCUT2D eigenvalue weighted by Crippen LogP contribution is -2.11. The van der Waals surface area contributed by atoms with E-state index in [-0.39, 0.29) is 11.8 Å². The van der Waals surface area contributed by atoms with Gasteiger partial charge in [-0.1, -0.05) is 30.3 Å². The molecule has 0 aliphatic heterocycles. The number of hydrogen-bond donors (Lipinski definition) is 1. The first-order valence-corrected chi connectivity index (χ1v) is 4.54. The largest absolute Gasteiger partial charge is 0.324 e. The van der Waals surface area contributed by atoms with Crippen molar-refractivity contribution in [3.05, 3.63) is 35.9 Å². The van der Waals surface area contributed by atoms with E-state index in [0.717, 1.165) is 5.56 Å². The molecule has 0 aliphatic carbocycles. The highest BCUT2D eigenvalue weighted by Gasteiger charge is 2.06. The molecule has 1 rings (SSSR count). The van der Waals surface area contributed by atoms with Crippen LogP contribution in [-0.4, -0.2) is 5.78 Å². The Hall–Kier alpha value is -1.59. The molecule has 2 heteroatoms. The number of nitrogens with two attached hydrogens (primary N) is 1. The molecule has 0 saturated carbocycles. The van der Waals surface area contributed by atoms with Crippen molar-refractivity contribution < 1.29 is 4.79 Å². The number of carbonyl (C=O) groups is 1. The van der Waals surface area contributed by atoms with Crippen LogP contribution in [-0.2, 0) is 4.79 Å². The minimum Gasteiger partial charge on any atom is -0.324 e. The van der Waals surface area contributed by atoms with Gasteiger partial charge in [0.1, 0.15) is 0 Å². The van der Waals surface area contributed by atoms with Crippen molar-refractivity contribution in [1.82, 2.24) is 0 Å². The van der Waals surface area contributed by atoms with Crippen LogP contribution in [0.3, 0.4) is 0 Å². The Bertz CT molecular complexity index is 337. The van der Waals surface area contributed by atoms with E-state index >= 15 is 0 Å². The van der Waals surface area contributed by atoms with Crippen LogP contribution in [0.15, 0.2) is 30.3 Å². The Labute approximate surface area is 84.1 Å². The summed E-state index contributed by atoms with van der Waals surface area (Å²) in [5.41, 5.74) is 6.92. The lowest BCUT2D eigenvalue weighted by molar-refractivity contribution is -0.114. The summed E-state index contributed by atoms with van der Waals surface area (Å²) in [4.78, 5) is 10.9. The fourth-order valence-electron chi connectivity index (χ4n) is 1.23. The minimum atomic E-state index is -0.184. The summed E-state index contributed by atoms with van der Waals surface area (Å²) in [6, 6.07) is 9.59. The van der Waals surface area contributed by atoms with Gasteiger partial charge < -0.3 is 5.73 Å². The molecule has 1 aromatic carbocycles. The zero-order valence-corrected chi connectivity index (χ0v) is 7.94. The monoisotopic (exact) mass is 187 g/mol.